The highest BCUT2D eigenvalue weighted by Crippen LogP contribution is 2.20. The first-order valence-electron chi connectivity index (χ1n) is 6.58. The number of benzene rings is 2. The van der Waals surface area contributed by atoms with Crippen molar-refractivity contribution < 1.29 is 24.1 Å². The van der Waals surface area contributed by atoms with E-state index in [1.807, 2.05) is 0 Å². The van der Waals surface area contributed by atoms with E-state index in [-0.39, 0.29) is 12.3 Å². The smallest absolute Gasteiger partial charge is 0.325 e. The molecule has 2 aromatic carbocycles. The summed E-state index contributed by atoms with van der Waals surface area (Å²) in [6, 6.07) is 9.14. The van der Waals surface area contributed by atoms with Gasteiger partial charge in [-0.25, -0.2) is 4.39 Å². The van der Waals surface area contributed by atoms with Gasteiger partial charge < -0.3 is 14.9 Å². The molecule has 0 heterocycles. The summed E-state index contributed by atoms with van der Waals surface area (Å²) in [4.78, 5) is 11.4. The van der Waals surface area contributed by atoms with Gasteiger partial charge in [0.1, 0.15) is 23.4 Å². The third-order valence-electron chi connectivity index (χ3n) is 3.13. The Morgan fingerprint density at radius 2 is 2.09 bits per heavy atom. The molecule has 0 spiro atoms. The molecule has 0 saturated heterocycles. The highest BCUT2D eigenvalue weighted by molar-refractivity contribution is 5.75. The number of hydrogen-bond acceptors (Lipinski definition) is 4. The van der Waals surface area contributed by atoms with E-state index >= 15 is 0 Å². The average Bonchev–Trinajstić information content (AvgIpc) is 2.46. The summed E-state index contributed by atoms with van der Waals surface area (Å²) in [5, 5.41) is 21.6. The van der Waals surface area contributed by atoms with Gasteiger partial charge >= 0.3 is 5.97 Å². The van der Waals surface area contributed by atoms with Crippen LogP contribution in [0.25, 0.3) is 0 Å². The molecule has 0 aromatic heterocycles. The Labute approximate surface area is 127 Å². The number of phenols is 1. The monoisotopic (exact) mass is 305 g/mol. The molecule has 0 aliphatic rings. The van der Waals surface area contributed by atoms with Crippen molar-refractivity contribution in [1.82, 2.24) is 5.32 Å². The van der Waals surface area contributed by atoms with E-state index in [9.17, 15) is 19.4 Å². The van der Waals surface area contributed by atoms with Crippen molar-refractivity contribution in [3.05, 3.63) is 59.4 Å². The number of aliphatic carboxylic acids is 1. The second kappa shape index (κ2) is 6.91. The fourth-order valence-corrected chi connectivity index (χ4v) is 2.11. The van der Waals surface area contributed by atoms with Gasteiger partial charge in [-0.3, -0.25) is 10.1 Å². The molecule has 2 aromatic rings. The zero-order valence-corrected chi connectivity index (χ0v) is 11.9. The van der Waals surface area contributed by atoms with E-state index in [4.69, 9.17) is 4.74 Å². The number of halogens is 1. The Morgan fingerprint density at radius 3 is 2.73 bits per heavy atom. The third-order valence-corrected chi connectivity index (χ3v) is 3.13. The van der Waals surface area contributed by atoms with E-state index in [0.717, 1.165) is 0 Å². The molecule has 3 N–H and O–H groups in total. The van der Waals surface area contributed by atoms with Crippen LogP contribution in [0.4, 0.5) is 4.39 Å². The number of phenolic OH excluding ortho intramolecular Hbond substituents is 1. The number of aromatic hydroxyl groups is 1. The fourth-order valence-electron chi connectivity index (χ4n) is 2.11. The Hall–Kier alpha value is -2.60. The van der Waals surface area contributed by atoms with Crippen molar-refractivity contribution >= 4 is 5.97 Å². The van der Waals surface area contributed by atoms with Crippen LogP contribution >= 0.6 is 0 Å². The lowest BCUT2D eigenvalue weighted by atomic mass is 10.1. The van der Waals surface area contributed by atoms with Crippen LogP contribution in [-0.4, -0.2) is 23.3 Å². The molecule has 1 unspecified atom stereocenters. The molecule has 6 heteroatoms. The van der Waals surface area contributed by atoms with E-state index in [1.54, 1.807) is 18.2 Å². The third kappa shape index (κ3) is 3.95. The van der Waals surface area contributed by atoms with E-state index in [2.05, 4.69) is 5.32 Å². The number of rotatable bonds is 6. The van der Waals surface area contributed by atoms with Gasteiger partial charge in [-0.05, 0) is 35.4 Å². The van der Waals surface area contributed by atoms with Gasteiger partial charge in [-0.15, -0.1) is 0 Å². The zero-order valence-electron chi connectivity index (χ0n) is 11.9. The molecule has 0 aliphatic carbocycles. The number of carboxylic acid groups (broad SMARTS) is 1. The summed E-state index contributed by atoms with van der Waals surface area (Å²) >= 11 is 0. The SMILES string of the molecule is COc1cc(F)cc(CNC(C(=O)O)c2cccc(O)c2)c1. The summed E-state index contributed by atoms with van der Waals surface area (Å²) < 4.78 is 18.4. The van der Waals surface area contributed by atoms with Crippen LogP contribution in [0.3, 0.4) is 0 Å². The number of nitrogens with one attached hydrogen (secondary N) is 1. The largest absolute Gasteiger partial charge is 0.508 e. The molecule has 2 rings (SSSR count). The van der Waals surface area contributed by atoms with Gasteiger partial charge in [0.05, 0.1) is 7.11 Å². The quantitative estimate of drug-likeness (QED) is 0.764. The molecule has 22 heavy (non-hydrogen) atoms. The van der Waals surface area contributed by atoms with E-state index in [0.29, 0.717) is 16.9 Å². The fraction of sp³-hybridized carbons (Fsp3) is 0.188. The average molecular weight is 305 g/mol. The van der Waals surface area contributed by atoms with Crippen LogP contribution in [0.2, 0.25) is 0 Å². The Balaban J connectivity index is 2.16. The maximum atomic E-state index is 13.4. The molecule has 0 amide bonds. The molecule has 0 saturated carbocycles. The number of carboxylic acids is 1. The highest BCUT2D eigenvalue weighted by Gasteiger charge is 2.19. The Bertz CT molecular complexity index is 675. The maximum absolute atomic E-state index is 13.4. The van der Waals surface area contributed by atoms with Crippen molar-refractivity contribution in [3.63, 3.8) is 0 Å². The minimum absolute atomic E-state index is 0.0158. The van der Waals surface area contributed by atoms with Crippen molar-refractivity contribution in [2.75, 3.05) is 7.11 Å². The lowest BCUT2D eigenvalue weighted by molar-refractivity contribution is -0.139. The summed E-state index contributed by atoms with van der Waals surface area (Å²) in [5.41, 5.74) is 0.971. The molecule has 0 radical (unpaired) electrons. The second-order valence-electron chi connectivity index (χ2n) is 4.75. The van der Waals surface area contributed by atoms with E-state index < -0.39 is 17.8 Å². The first kappa shape index (κ1) is 15.8. The standard InChI is InChI=1S/C16H16FNO4/c1-22-14-6-10(5-12(17)8-14)9-18-15(16(20)21)11-3-2-4-13(19)7-11/h2-8,15,18-19H,9H2,1H3,(H,20,21). The van der Waals surface area contributed by atoms with E-state index in [1.165, 1.54) is 31.4 Å². The van der Waals surface area contributed by atoms with Crippen LogP contribution in [0.5, 0.6) is 11.5 Å². The van der Waals surface area contributed by atoms with Crippen molar-refractivity contribution in [3.8, 4) is 11.5 Å². The van der Waals surface area contributed by atoms with Gasteiger partial charge in [0.25, 0.3) is 0 Å². The molecule has 0 fully saturated rings. The van der Waals surface area contributed by atoms with Gasteiger partial charge in [-0.2, -0.15) is 0 Å². The molecule has 1 atom stereocenters. The predicted molar refractivity (Wildman–Crippen MR) is 78.3 cm³/mol. The van der Waals surface area contributed by atoms with Crippen molar-refractivity contribution in [2.45, 2.75) is 12.6 Å². The maximum Gasteiger partial charge on any atom is 0.325 e. The normalized spacial score (nSPS) is 11.9. The number of methoxy groups -OCH3 is 1. The second-order valence-corrected chi connectivity index (χ2v) is 4.75. The summed E-state index contributed by atoms with van der Waals surface area (Å²) in [5.74, 6) is -1.20. The van der Waals surface area contributed by atoms with Crippen LogP contribution in [0.15, 0.2) is 42.5 Å². The van der Waals surface area contributed by atoms with Gasteiger partial charge in [-0.1, -0.05) is 12.1 Å². The first-order chi connectivity index (χ1) is 10.5. The predicted octanol–water partition coefficient (Wildman–Crippen LogP) is 2.46. The lowest BCUT2D eigenvalue weighted by Gasteiger charge is -2.15. The van der Waals surface area contributed by atoms with Gasteiger partial charge in [0, 0.05) is 12.6 Å². The number of carbonyl (C=O) groups is 1. The minimum atomic E-state index is -1.09. The Kier molecular flexibility index (Phi) is 4.95. The molecule has 0 bridgehead atoms. The summed E-state index contributed by atoms with van der Waals surface area (Å²) in [6.07, 6.45) is 0. The molecule has 0 aliphatic heterocycles. The zero-order chi connectivity index (χ0) is 16.1. The lowest BCUT2D eigenvalue weighted by Crippen LogP contribution is -2.28. The summed E-state index contributed by atoms with van der Waals surface area (Å²) in [7, 11) is 1.43. The van der Waals surface area contributed by atoms with Crippen LogP contribution in [0, 0.1) is 5.82 Å². The summed E-state index contributed by atoms with van der Waals surface area (Å²) in [6.45, 7) is 0.140. The van der Waals surface area contributed by atoms with Crippen molar-refractivity contribution in [1.29, 1.82) is 0 Å². The number of hydrogen-bond donors (Lipinski definition) is 3. The van der Waals surface area contributed by atoms with Gasteiger partial charge in [0.2, 0.25) is 0 Å². The molecule has 5 nitrogen and oxygen atoms in total. The first-order valence-corrected chi connectivity index (χ1v) is 6.58. The topological polar surface area (TPSA) is 78.8 Å². The minimum Gasteiger partial charge on any atom is -0.508 e. The van der Waals surface area contributed by atoms with Crippen LogP contribution in [0.1, 0.15) is 17.2 Å². The van der Waals surface area contributed by atoms with Crippen LogP contribution < -0.4 is 10.1 Å². The van der Waals surface area contributed by atoms with Gasteiger partial charge in [0.15, 0.2) is 0 Å². The number of ether oxygens (including phenoxy) is 1. The molecule has 116 valence electrons. The van der Waals surface area contributed by atoms with Crippen LogP contribution in [-0.2, 0) is 11.3 Å². The molecular weight excluding hydrogens is 289 g/mol. The highest BCUT2D eigenvalue weighted by atomic mass is 19.1. The van der Waals surface area contributed by atoms with Crippen molar-refractivity contribution in [2.24, 2.45) is 0 Å². The molecular formula is C16H16FNO4. The Morgan fingerprint density at radius 1 is 1.32 bits per heavy atom.